The van der Waals surface area contributed by atoms with Gasteiger partial charge in [0.2, 0.25) is 5.88 Å². The summed E-state index contributed by atoms with van der Waals surface area (Å²) in [4.78, 5) is 9.17. The van der Waals surface area contributed by atoms with Gasteiger partial charge in [-0.05, 0) is 49.6 Å². The van der Waals surface area contributed by atoms with Crippen molar-refractivity contribution < 1.29 is 4.74 Å². The number of hydrogen-bond acceptors (Lipinski definition) is 4. The molecule has 3 nitrogen and oxygen atoms in total. The molecule has 3 rings (SSSR count). The molecule has 1 heterocycles. The average molecular weight is 385 g/mol. The third kappa shape index (κ3) is 4.99. The molecular formula is C21H21ClN2OS. The Labute approximate surface area is 163 Å². The average Bonchev–Trinajstić information content (AvgIpc) is 2.64. The van der Waals surface area contributed by atoms with Crippen LogP contribution in [0.3, 0.4) is 0 Å². The van der Waals surface area contributed by atoms with E-state index in [4.69, 9.17) is 16.3 Å². The second kappa shape index (κ2) is 8.56. The Balaban J connectivity index is 1.77. The first-order chi connectivity index (χ1) is 12.5. The lowest BCUT2D eigenvalue weighted by atomic mass is 10.2. The number of thioether (sulfide) groups is 1. The Kier molecular flexibility index (Phi) is 6.17. The molecule has 0 aliphatic rings. The third-order valence-corrected chi connectivity index (χ3v) is 5.28. The number of hydrogen-bond donors (Lipinski definition) is 0. The standard InChI is InChI=1S/C21H21ClN2OS/c1-4-17-12-20(25-18-9-10-19(22)15(3)11-18)24-21(23-17)26-13-16-7-5-14(2)6-8-16/h5-12H,4,13H2,1-3H3. The summed E-state index contributed by atoms with van der Waals surface area (Å²) in [5.41, 5.74) is 4.45. The van der Waals surface area contributed by atoms with Gasteiger partial charge in [0, 0.05) is 22.5 Å². The van der Waals surface area contributed by atoms with Crippen LogP contribution < -0.4 is 4.74 Å². The van der Waals surface area contributed by atoms with Gasteiger partial charge in [-0.25, -0.2) is 4.98 Å². The number of aryl methyl sites for hydroxylation is 3. The molecule has 0 amide bonds. The smallest absolute Gasteiger partial charge is 0.223 e. The highest BCUT2D eigenvalue weighted by molar-refractivity contribution is 7.98. The SMILES string of the molecule is CCc1cc(Oc2ccc(Cl)c(C)c2)nc(SCc2ccc(C)cc2)n1. The minimum atomic E-state index is 0.560. The fraction of sp³-hybridized carbons (Fsp3) is 0.238. The summed E-state index contributed by atoms with van der Waals surface area (Å²) in [6.07, 6.45) is 0.830. The Morgan fingerprint density at radius 3 is 2.46 bits per heavy atom. The lowest BCUT2D eigenvalue weighted by Crippen LogP contribution is -1.97. The first-order valence-corrected chi connectivity index (χ1v) is 9.90. The topological polar surface area (TPSA) is 35.0 Å². The summed E-state index contributed by atoms with van der Waals surface area (Å²) in [6, 6.07) is 16.0. The molecule has 0 spiro atoms. The molecule has 1 aromatic heterocycles. The lowest BCUT2D eigenvalue weighted by Gasteiger charge is -2.09. The molecule has 0 saturated heterocycles. The van der Waals surface area contributed by atoms with Gasteiger partial charge >= 0.3 is 0 Å². The van der Waals surface area contributed by atoms with Crippen LogP contribution in [0, 0.1) is 13.8 Å². The molecule has 0 fully saturated rings. The van der Waals surface area contributed by atoms with E-state index in [1.807, 2.05) is 31.2 Å². The molecule has 0 saturated carbocycles. The Bertz CT molecular complexity index is 897. The van der Waals surface area contributed by atoms with Gasteiger partial charge in [-0.3, -0.25) is 0 Å². The van der Waals surface area contributed by atoms with Crippen molar-refractivity contribution in [3.05, 3.63) is 75.9 Å². The van der Waals surface area contributed by atoms with Crippen LogP contribution in [0.2, 0.25) is 5.02 Å². The highest BCUT2D eigenvalue weighted by Gasteiger charge is 2.08. The Morgan fingerprint density at radius 2 is 1.77 bits per heavy atom. The summed E-state index contributed by atoms with van der Waals surface area (Å²) < 4.78 is 5.94. The monoisotopic (exact) mass is 384 g/mol. The first kappa shape index (κ1) is 18.7. The highest BCUT2D eigenvalue weighted by Crippen LogP contribution is 2.27. The van der Waals surface area contributed by atoms with Crippen molar-refractivity contribution in [2.24, 2.45) is 0 Å². The summed E-state index contributed by atoms with van der Waals surface area (Å²) in [5.74, 6) is 2.11. The van der Waals surface area contributed by atoms with Crippen LogP contribution in [-0.2, 0) is 12.2 Å². The summed E-state index contributed by atoms with van der Waals surface area (Å²) >= 11 is 7.70. The van der Waals surface area contributed by atoms with Crippen LogP contribution in [0.25, 0.3) is 0 Å². The van der Waals surface area contributed by atoms with Crippen molar-refractivity contribution >= 4 is 23.4 Å². The van der Waals surface area contributed by atoms with Gasteiger partial charge in [0.15, 0.2) is 5.16 Å². The van der Waals surface area contributed by atoms with E-state index in [1.165, 1.54) is 11.1 Å². The molecule has 0 unspecified atom stereocenters. The number of halogens is 1. The highest BCUT2D eigenvalue weighted by atomic mass is 35.5. The van der Waals surface area contributed by atoms with E-state index in [9.17, 15) is 0 Å². The summed E-state index contributed by atoms with van der Waals surface area (Å²) in [5, 5.41) is 1.45. The molecule has 0 radical (unpaired) electrons. The zero-order chi connectivity index (χ0) is 18.5. The van der Waals surface area contributed by atoms with E-state index in [0.29, 0.717) is 5.88 Å². The van der Waals surface area contributed by atoms with Crippen molar-refractivity contribution in [1.29, 1.82) is 0 Å². The molecule has 0 bridgehead atoms. The molecule has 0 aliphatic carbocycles. The van der Waals surface area contributed by atoms with Gasteiger partial charge in [-0.1, -0.05) is 60.1 Å². The van der Waals surface area contributed by atoms with E-state index < -0.39 is 0 Å². The van der Waals surface area contributed by atoms with Crippen LogP contribution in [-0.4, -0.2) is 9.97 Å². The minimum absolute atomic E-state index is 0.560. The Morgan fingerprint density at radius 1 is 1.00 bits per heavy atom. The van der Waals surface area contributed by atoms with Crippen molar-refractivity contribution in [3.63, 3.8) is 0 Å². The van der Waals surface area contributed by atoms with Gasteiger partial charge in [-0.15, -0.1) is 0 Å². The molecule has 0 N–H and O–H groups in total. The van der Waals surface area contributed by atoms with E-state index >= 15 is 0 Å². The second-order valence-corrected chi connectivity index (χ2v) is 7.47. The van der Waals surface area contributed by atoms with E-state index in [1.54, 1.807) is 11.8 Å². The van der Waals surface area contributed by atoms with Gasteiger partial charge in [0.05, 0.1) is 0 Å². The molecule has 3 aromatic rings. The van der Waals surface area contributed by atoms with Gasteiger partial charge in [0.25, 0.3) is 0 Å². The van der Waals surface area contributed by atoms with Crippen molar-refractivity contribution in [1.82, 2.24) is 9.97 Å². The fourth-order valence-corrected chi connectivity index (χ4v) is 3.32. The quantitative estimate of drug-likeness (QED) is 0.364. The molecule has 2 aromatic carbocycles. The fourth-order valence-electron chi connectivity index (χ4n) is 2.38. The molecular weight excluding hydrogens is 364 g/mol. The maximum Gasteiger partial charge on any atom is 0.223 e. The number of ether oxygens (including phenoxy) is 1. The maximum absolute atomic E-state index is 6.08. The largest absolute Gasteiger partial charge is 0.439 e. The predicted octanol–water partition coefficient (Wildman–Crippen LogP) is 6.39. The van der Waals surface area contributed by atoms with Crippen LogP contribution >= 0.6 is 23.4 Å². The summed E-state index contributed by atoms with van der Waals surface area (Å²) in [7, 11) is 0. The molecule has 0 aliphatic heterocycles. The molecule has 0 atom stereocenters. The van der Waals surface area contributed by atoms with E-state index in [-0.39, 0.29) is 0 Å². The van der Waals surface area contributed by atoms with Crippen LogP contribution in [0.5, 0.6) is 11.6 Å². The second-order valence-electron chi connectivity index (χ2n) is 6.12. The normalized spacial score (nSPS) is 10.8. The lowest BCUT2D eigenvalue weighted by molar-refractivity contribution is 0.453. The van der Waals surface area contributed by atoms with Gasteiger partial charge < -0.3 is 4.74 Å². The van der Waals surface area contributed by atoms with Gasteiger partial charge in [-0.2, -0.15) is 4.98 Å². The van der Waals surface area contributed by atoms with E-state index in [0.717, 1.165) is 39.4 Å². The van der Waals surface area contributed by atoms with E-state index in [2.05, 4.69) is 48.1 Å². The number of nitrogens with zero attached hydrogens (tertiary/aromatic N) is 2. The zero-order valence-corrected chi connectivity index (χ0v) is 16.7. The maximum atomic E-state index is 6.08. The number of aromatic nitrogens is 2. The third-order valence-electron chi connectivity index (χ3n) is 3.94. The number of rotatable bonds is 6. The van der Waals surface area contributed by atoms with Crippen LogP contribution in [0.1, 0.15) is 29.3 Å². The Hall–Kier alpha value is -2.04. The summed E-state index contributed by atoms with van der Waals surface area (Å²) in [6.45, 7) is 6.12. The predicted molar refractivity (Wildman–Crippen MR) is 108 cm³/mol. The molecule has 26 heavy (non-hydrogen) atoms. The molecule has 134 valence electrons. The zero-order valence-electron chi connectivity index (χ0n) is 15.1. The van der Waals surface area contributed by atoms with Crippen LogP contribution in [0.15, 0.2) is 53.7 Å². The van der Waals surface area contributed by atoms with Crippen molar-refractivity contribution in [2.75, 3.05) is 0 Å². The number of benzene rings is 2. The molecule has 5 heteroatoms. The van der Waals surface area contributed by atoms with Crippen molar-refractivity contribution in [2.45, 2.75) is 38.1 Å². The first-order valence-electron chi connectivity index (χ1n) is 8.54. The van der Waals surface area contributed by atoms with Crippen molar-refractivity contribution in [3.8, 4) is 11.6 Å². The minimum Gasteiger partial charge on any atom is -0.439 e. The van der Waals surface area contributed by atoms with Crippen LogP contribution in [0.4, 0.5) is 0 Å². The van der Waals surface area contributed by atoms with Gasteiger partial charge in [0.1, 0.15) is 5.75 Å².